The van der Waals surface area contributed by atoms with E-state index in [0.29, 0.717) is 19.1 Å². The van der Waals surface area contributed by atoms with Crippen LogP contribution in [0, 0.1) is 0 Å². The van der Waals surface area contributed by atoms with Gasteiger partial charge in [0.2, 0.25) is 0 Å². The van der Waals surface area contributed by atoms with E-state index in [9.17, 15) is 0 Å². The van der Waals surface area contributed by atoms with Gasteiger partial charge in [-0.25, -0.2) is 9.50 Å². The summed E-state index contributed by atoms with van der Waals surface area (Å²) in [5.74, 6) is 1.21. The van der Waals surface area contributed by atoms with Crippen LogP contribution in [0.25, 0.3) is 5.52 Å². The average Bonchev–Trinajstić information content (AvgIpc) is 2.84. The van der Waals surface area contributed by atoms with Gasteiger partial charge in [0.15, 0.2) is 5.82 Å². The molecule has 1 atom stereocenters. The van der Waals surface area contributed by atoms with Crippen LogP contribution in [0.5, 0.6) is 0 Å². The van der Waals surface area contributed by atoms with Gasteiger partial charge >= 0.3 is 0 Å². The third-order valence-corrected chi connectivity index (χ3v) is 3.22. The molecule has 0 aliphatic rings. The smallest absolute Gasteiger partial charge is 0.152 e. The fourth-order valence-electron chi connectivity index (χ4n) is 2.13. The third kappa shape index (κ3) is 3.26. The molecule has 110 valence electrons. The van der Waals surface area contributed by atoms with Gasteiger partial charge in [-0.15, -0.1) is 0 Å². The van der Waals surface area contributed by atoms with E-state index < -0.39 is 0 Å². The molecule has 0 amide bonds. The fraction of sp³-hybridized carbons (Fsp3) is 0.571. The van der Waals surface area contributed by atoms with Crippen molar-refractivity contribution in [3.8, 4) is 0 Å². The van der Waals surface area contributed by atoms with Gasteiger partial charge < -0.3 is 15.8 Å². The lowest BCUT2D eigenvalue weighted by Crippen LogP contribution is -2.28. The van der Waals surface area contributed by atoms with Crippen LogP contribution < -0.4 is 11.1 Å². The molecular weight excluding hydrogens is 254 g/mol. The summed E-state index contributed by atoms with van der Waals surface area (Å²) in [6.07, 6.45) is 4.45. The van der Waals surface area contributed by atoms with E-state index in [2.05, 4.69) is 35.3 Å². The van der Waals surface area contributed by atoms with Crippen LogP contribution in [-0.2, 0) is 4.74 Å². The highest BCUT2D eigenvalue weighted by atomic mass is 16.5. The predicted molar refractivity (Wildman–Crippen MR) is 80.0 cm³/mol. The lowest BCUT2D eigenvalue weighted by atomic mass is 10.1. The number of rotatable bonds is 7. The van der Waals surface area contributed by atoms with Gasteiger partial charge in [0.25, 0.3) is 0 Å². The standard InChI is InChI=1S/C14H23N5O/c1-10(2)12-8-13-14(16-6-7-19(13)18-12)17-11(4-5-15)9-20-3/h6-8,10-11H,4-5,9,15H2,1-3H3,(H,16,17). The molecule has 2 rings (SSSR count). The van der Waals surface area contributed by atoms with Crippen molar-refractivity contribution in [2.45, 2.75) is 32.2 Å². The van der Waals surface area contributed by atoms with E-state index in [0.717, 1.165) is 23.4 Å². The number of ether oxygens (including phenoxy) is 1. The van der Waals surface area contributed by atoms with Gasteiger partial charge in [0, 0.05) is 19.5 Å². The molecule has 0 radical (unpaired) electrons. The molecule has 6 nitrogen and oxygen atoms in total. The van der Waals surface area contributed by atoms with Gasteiger partial charge in [-0.3, -0.25) is 0 Å². The molecule has 0 aliphatic heterocycles. The molecule has 1 unspecified atom stereocenters. The Bertz CT molecular complexity index is 545. The van der Waals surface area contributed by atoms with E-state index in [1.165, 1.54) is 0 Å². The van der Waals surface area contributed by atoms with E-state index in [1.807, 2.05) is 10.7 Å². The van der Waals surface area contributed by atoms with Crippen molar-refractivity contribution < 1.29 is 4.74 Å². The molecule has 3 N–H and O–H groups in total. The van der Waals surface area contributed by atoms with Crippen LogP contribution in [0.2, 0.25) is 0 Å². The van der Waals surface area contributed by atoms with E-state index in [4.69, 9.17) is 10.5 Å². The Morgan fingerprint density at radius 3 is 2.90 bits per heavy atom. The fourth-order valence-corrected chi connectivity index (χ4v) is 2.13. The van der Waals surface area contributed by atoms with Crippen molar-refractivity contribution in [2.75, 3.05) is 25.6 Å². The monoisotopic (exact) mass is 277 g/mol. The Kier molecular flexibility index (Phi) is 4.92. The number of anilines is 1. The first-order valence-corrected chi connectivity index (χ1v) is 6.95. The number of aromatic nitrogens is 3. The molecule has 0 spiro atoms. The highest BCUT2D eigenvalue weighted by molar-refractivity contribution is 5.68. The minimum atomic E-state index is 0.154. The zero-order valence-corrected chi connectivity index (χ0v) is 12.3. The maximum atomic E-state index is 5.64. The molecule has 6 heteroatoms. The molecule has 2 aromatic rings. The molecule has 0 aromatic carbocycles. The maximum Gasteiger partial charge on any atom is 0.152 e. The Morgan fingerprint density at radius 1 is 1.45 bits per heavy atom. The summed E-state index contributed by atoms with van der Waals surface area (Å²) in [6, 6.07) is 2.23. The van der Waals surface area contributed by atoms with E-state index in [-0.39, 0.29) is 6.04 Å². The first-order valence-electron chi connectivity index (χ1n) is 6.95. The molecular formula is C14H23N5O. The number of methoxy groups -OCH3 is 1. The van der Waals surface area contributed by atoms with Crippen molar-refractivity contribution in [3.63, 3.8) is 0 Å². The molecule has 20 heavy (non-hydrogen) atoms. The van der Waals surface area contributed by atoms with Gasteiger partial charge in [-0.2, -0.15) is 5.10 Å². The lowest BCUT2D eigenvalue weighted by molar-refractivity contribution is 0.183. The maximum absolute atomic E-state index is 5.64. The van der Waals surface area contributed by atoms with Gasteiger partial charge in [0.05, 0.1) is 18.3 Å². The van der Waals surface area contributed by atoms with Crippen LogP contribution >= 0.6 is 0 Å². The first kappa shape index (κ1) is 14.7. The van der Waals surface area contributed by atoms with Crippen LogP contribution in [0.15, 0.2) is 18.5 Å². The normalized spacial score (nSPS) is 13.1. The molecule has 2 aromatic heterocycles. The average molecular weight is 277 g/mol. The SMILES string of the molecule is COCC(CCN)Nc1nccn2nc(C(C)C)cc12. The topological polar surface area (TPSA) is 77.5 Å². The highest BCUT2D eigenvalue weighted by Crippen LogP contribution is 2.20. The number of nitrogens with one attached hydrogen (secondary N) is 1. The van der Waals surface area contributed by atoms with E-state index in [1.54, 1.807) is 13.3 Å². The molecule has 0 saturated carbocycles. The molecule has 0 fully saturated rings. The molecule has 0 aliphatic carbocycles. The van der Waals surface area contributed by atoms with E-state index >= 15 is 0 Å². The van der Waals surface area contributed by atoms with Crippen LogP contribution in [-0.4, -0.2) is 40.9 Å². The summed E-state index contributed by atoms with van der Waals surface area (Å²) in [5.41, 5.74) is 7.68. The molecule has 0 saturated heterocycles. The van der Waals surface area contributed by atoms with Gasteiger partial charge in [-0.05, 0) is 24.9 Å². The van der Waals surface area contributed by atoms with Crippen molar-refractivity contribution >= 4 is 11.3 Å². The third-order valence-electron chi connectivity index (χ3n) is 3.22. The van der Waals surface area contributed by atoms with Crippen molar-refractivity contribution in [2.24, 2.45) is 5.73 Å². The Labute approximate surface area is 119 Å². The highest BCUT2D eigenvalue weighted by Gasteiger charge is 2.13. The summed E-state index contributed by atoms with van der Waals surface area (Å²) in [4.78, 5) is 4.42. The second-order valence-electron chi connectivity index (χ2n) is 5.20. The van der Waals surface area contributed by atoms with Gasteiger partial charge in [-0.1, -0.05) is 13.8 Å². The minimum Gasteiger partial charge on any atom is -0.383 e. The number of hydrogen-bond acceptors (Lipinski definition) is 5. The second-order valence-corrected chi connectivity index (χ2v) is 5.20. The minimum absolute atomic E-state index is 0.154. The largest absolute Gasteiger partial charge is 0.383 e. The second kappa shape index (κ2) is 6.67. The summed E-state index contributed by atoms with van der Waals surface area (Å²) < 4.78 is 7.07. The van der Waals surface area contributed by atoms with Crippen molar-refractivity contribution in [3.05, 3.63) is 24.2 Å². The lowest BCUT2D eigenvalue weighted by Gasteiger charge is -2.17. The van der Waals surface area contributed by atoms with Crippen molar-refractivity contribution in [1.29, 1.82) is 0 Å². The van der Waals surface area contributed by atoms with Crippen LogP contribution in [0.3, 0.4) is 0 Å². The number of nitrogens with two attached hydrogens (primary N) is 1. The molecule has 0 bridgehead atoms. The number of nitrogens with zero attached hydrogens (tertiary/aromatic N) is 3. The summed E-state index contributed by atoms with van der Waals surface area (Å²) in [7, 11) is 1.69. The Morgan fingerprint density at radius 2 is 2.25 bits per heavy atom. The molecule has 2 heterocycles. The summed E-state index contributed by atoms with van der Waals surface area (Å²) >= 11 is 0. The summed E-state index contributed by atoms with van der Waals surface area (Å²) in [5, 5.41) is 7.95. The van der Waals surface area contributed by atoms with Crippen LogP contribution in [0.4, 0.5) is 5.82 Å². The van der Waals surface area contributed by atoms with Crippen molar-refractivity contribution in [1.82, 2.24) is 14.6 Å². The number of hydrogen-bond donors (Lipinski definition) is 2. The first-order chi connectivity index (χ1) is 9.65. The Balaban J connectivity index is 2.28. The quantitative estimate of drug-likeness (QED) is 0.804. The zero-order valence-electron chi connectivity index (χ0n) is 12.3. The Hall–Kier alpha value is -1.66. The predicted octanol–water partition coefficient (Wildman–Crippen LogP) is 1.63. The van der Waals surface area contributed by atoms with Crippen LogP contribution in [0.1, 0.15) is 31.9 Å². The zero-order chi connectivity index (χ0) is 14.5. The van der Waals surface area contributed by atoms with Gasteiger partial charge in [0.1, 0.15) is 5.52 Å². The summed E-state index contributed by atoms with van der Waals surface area (Å²) in [6.45, 7) is 5.47. The number of fused-ring (bicyclic) bond motifs is 1.